The number of rotatable bonds is 5. The molecule has 0 spiro atoms. The second-order valence-electron chi connectivity index (χ2n) is 7.42. The van der Waals surface area contributed by atoms with E-state index < -0.39 is 0 Å². The predicted molar refractivity (Wildman–Crippen MR) is 114 cm³/mol. The van der Waals surface area contributed by atoms with Gasteiger partial charge in [0.15, 0.2) is 0 Å². The minimum absolute atomic E-state index is 0.0236. The number of likely N-dealkylation sites (tertiary alicyclic amines) is 1. The van der Waals surface area contributed by atoms with Crippen LogP contribution in [0.2, 0.25) is 0 Å². The lowest BCUT2D eigenvalue weighted by molar-refractivity contribution is -0.132. The summed E-state index contributed by atoms with van der Waals surface area (Å²) in [6, 6.07) is 19.8. The second-order valence-corrected chi connectivity index (χ2v) is 7.42. The Kier molecular flexibility index (Phi) is 6.13. The van der Waals surface area contributed by atoms with Crippen molar-refractivity contribution in [2.24, 2.45) is 0 Å². The fourth-order valence-electron chi connectivity index (χ4n) is 3.87. The first-order chi connectivity index (χ1) is 14.7. The molecule has 1 aliphatic heterocycles. The van der Waals surface area contributed by atoms with Crippen molar-refractivity contribution in [1.29, 1.82) is 0 Å². The molecule has 1 fully saturated rings. The van der Waals surface area contributed by atoms with Gasteiger partial charge in [-0.25, -0.2) is 4.98 Å². The Morgan fingerprint density at radius 3 is 2.03 bits per heavy atom. The summed E-state index contributed by atoms with van der Waals surface area (Å²) in [4.78, 5) is 35.7. The van der Waals surface area contributed by atoms with Crippen LogP contribution in [0.5, 0.6) is 0 Å². The van der Waals surface area contributed by atoms with Gasteiger partial charge in [0.1, 0.15) is 5.69 Å². The minimum atomic E-state index is -0.321. The van der Waals surface area contributed by atoms with E-state index in [-0.39, 0.29) is 23.8 Å². The van der Waals surface area contributed by atoms with Crippen LogP contribution in [0.4, 0.5) is 0 Å². The molecule has 1 saturated heterocycles. The number of carbonyl (C=O) groups is 2. The zero-order valence-electron chi connectivity index (χ0n) is 16.6. The van der Waals surface area contributed by atoms with Crippen molar-refractivity contribution in [2.75, 3.05) is 13.1 Å². The average Bonchev–Trinajstić information content (AvgIpc) is 2.81. The van der Waals surface area contributed by atoms with Crippen molar-refractivity contribution in [3.8, 4) is 0 Å². The van der Waals surface area contributed by atoms with Crippen molar-refractivity contribution >= 4 is 11.8 Å². The Morgan fingerprint density at radius 2 is 1.50 bits per heavy atom. The lowest BCUT2D eigenvalue weighted by atomic mass is 9.89. The van der Waals surface area contributed by atoms with Gasteiger partial charge in [0.25, 0.3) is 5.91 Å². The number of benzene rings is 2. The lowest BCUT2D eigenvalue weighted by Gasteiger charge is -2.34. The number of piperidine rings is 1. The quantitative estimate of drug-likeness (QED) is 0.714. The van der Waals surface area contributed by atoms with E-state index in [4.69, 9.17) is 0 Å². The number of carbonyl (C=O) groups excluding carboxylic acids is 2. The molecular formula is C24H24N4O2. The Balaban J connectivity index is 1.43. The molecule has 2 amide bonds. The van der Waals surface area contributed by atoms with Gasteiger partial charge in [0.05, 0.1) is 12.1 Å². The maximum absolute atomic E-state index is 13.5. The van der Waals surface area contributed by atoms with E-state index in [2.05, 4.69) is 15.3 Å². The monoisotopic (exact) mass is 400 g/mol. The number of amides is 2. The van der Waals surface area contributed by atoms with Crippen LogP contribution < -0.4 is 5.32 Å². The molecule has 4 rings (SSSR count). The summed E-state index contributed by atoms with van der Waals surface area (Å²) < 4.78 is 0. The van der Waals surface area contributed by atoms with Crippen molar-refractivity contribution in [3.63, 3.8) is 0 Å². The summed E-state index contributed by atoms with van der Waals surface area (Å²) >= 11 is 0. The largest absolute Gasteiger partial charge is 0.348 e. The molecule has 1 aromatic heterocycles. The molecule has 2 heterocycles. The topological polar surface area (TPSA) is 75.2 Å². The van der Waals surface area contributed by atoms with E-state index in [0.717, 1.165) is 11.1 Å². The molecule has 0 unspecified atom stereocenters. The van der Waals surface area contributed by atoms with Crippen LogP contribution >= 0.6 is 0 Å². The molecule has 1 aliphatic rings. The van der Waals surface area contributed by atoms with E-state index in [1.807, 2.05) is 65.6 Å². The molecule has 6 nitrogen and oxygen atoms in total. The highest BCUT2D eigenvalue weighted by atomic mass is 16.2. The maximum atomic E-state index is 13.5. The number of hydrogen-bond acceptors (Lipinski definition) is 4. The number of nitrogens with zero attached hydrogens (tertiary/aromatic N) is 3. The summed E-state index contributed by atoms with van der Waals surface area (Å²) in [6.07, 6.45) is 5.93. The van der Waals surface area contributed by atoms with Gasteiger partial charge in [-0.3, -0.25) is 14.6 Å². The molecule has 0 saturated carbocycles. The fourth-order valence-corrected chi connectivity index (χ4v) is 3.87. The number of aromatic nitrogens is 2. The molecule has 0 aliphatic carbocycles. The van der Waals surface area contributed by atoms with Crippen LogP contribution in [0.25, 0.3) is 0 Å². The summed E-state index contributed by atoms with van der Waals surface area (Å²) in [5.74, 6) is -0.441. The minimum Gasteiger partial charge on any atom is -0.348 e. The van der Waals surface area contributed by atoms with Crippen molar-refractivity contribution < 1.29 is 9.59 Å². The van der Waals surface area contributed by atoms with Gasteiger partial charge in [-0.2, -0.15) is 0 Å². The van der Waals surface area contributed by atoms with Gasteiger partial charge in [-0.1, -0.05) is 60.7 Å². The SMILES string of the molecule is O=C(NC1CCN(C(=O)C(c2ccccc2)c2ccccc2)CC1)c1cnccn1. The van der Waals surface area contributed by atoms with Gasteiger partial charge in [0, 0.05) is 31.5 Å². The van der Waals surface area contributed by atoms with Crippen molar-refractivity contribution in [1.82, 2.24) is 20.2 Å². The van der Waals surface area contributed by atoms with Gasteiger partial charge in [-0.05, 0) is 24.0 Å². The van der Waals surface area contributed by atoms with E-state index >= 15 is 0 Å². The Labute approximate surface area is 176 Å². The van der Waals surface area contributed by atoms with Crippen molar-refractivity contribution in [3.05, 3.63) is 96.1 Å². The first-order valence-electron chi connectivity index (χ1n) is 10.2. The van der Waals surface area contributed by atoms with Gasteiger partial charge in [-0.15, -0.1) is 0 Å². The van der Waals surface area contributed by atoms with Crippen LogP contribution in [0.3, 0.4) is 0 Å². The summed E-state index contributed by atoms with van der Waals surface area (Å²) in [5.41, 5.74) is 2.29. The van der Waals surface area contributed by atoms with Crippen LogP contribution in [0, 0.1) is 0 Å². The zero-order valence-corrected chi connectivity index (χ0v) is 16.6. The van der Waals surface area contributed by atoms with E-state index in [1.165, 1.54) is 18.6 Å². The fraction of sp³-hybridized carbons (Fsp3) is 0.250. The number of nitrogens with one attached hydrogen (secondary N) is 1. The predicted octanol–water partition coefficient (Wildman–Crippen LogP) is 3.03. The van der Waals surface area contributed by atoms with Crippen molar-refractivity contribution in [2.45, 2.75) is 24.8 Å². The van der Waals surface area contributed by atoms with Crippen LogP contribution in [-0.2, 0) is 4.79 Å². The third-order valence-electron chi connectivity index (χ3n) is 5.45. The average molecular weight is 400 g/mol. The standard InChI is InChI=1S/C24H24N4O2/c29-23(21-17-25-13-14-26-21)27-20-11-15-28(16-12-20)24(30)22(18-7-3-1-4-8-18)19-9-5-2-6-10-19/h1-10,13-14,17,20,22H,11-12,15-16H2,(H,27,29). The smallest absolute Gasteiger partial charge is 0.271 e. The second kappa shape index (κ2) is 9.31. The molecule has 0 atom stereocenters. The van der Waals surface area contributed by atoms with Crippen LogP contribution in [-0.4, -0.2) is 45.8 Å². The van der Waals surface area contributed by atoms with E-state index in [1.54, 1.807) is 0 Å². The van der Waals surface area contributed by atoms with Gasteiger partial charge >= 0.3 is 0 Å². The van der Waals surface area contributed by atoms with Gasteiger partial charge < -0.3 is 10.2 Å². The van der Waals surface area contributed by atoms with E-state index in [9.17, 15) is 9.59 Å². The molecule has 3 aromatic rings. The van der Waals surface area contributed by atoms with Gasteiger partial charge in [0.2, 0.25) is 5.91 Å². The maximum Gasteiger partial charge on any atom is 0.271 e. The molecule has 2 aromatic carbocycles. The molecule has 152 valence electrons. The first-order valence-corrected chi connectivity index (χ1v) is 10.2. The Morgan fingerprint density at radius 1 is 0.900 bits per heavy atom. The molecule has 0 bridgehead atoms. The summed E-state index contributed by atoms with van der Waals surface area (Å²) in [7, 11) is 0. The highest BCUT2D eigenvalue weighted by Gasteiger charge is 2.30. The van der Waals surface area contributed by atoms with E-state index in [0.29, 0.717) is 31.6 Å². The highest BCUT2D eigenvalue weighted by molar-refractivity contribution is 5.92. The molecule has 1 N–H and O–H groups in total. The van der Waals surface area contributed by atoms with Crippen LogP contribution in [0.1, 0.15) is 40.4 Å². The number of hydrogen-bond donors (Lipinski definition) is 1. The Bertz CT molecular complexity index is 932. The Hall–Kier alpha value is -3.54. The highest BCUT2D eigenvalue weighted by Crippen LogP contribution is 2.28. The third-order valence-corrected chi connectivity index (χ3v) is 5.45. The zero-order chi connectivity index (χ0) is 20.8. The first kappa shape index (κ1) is 19.8. The summed E-state index contributed by atoms with van der Waals surface area (Å²) in [6.45, 7) is 1.22. The molecule has 0 radical (unpaired) electrons. The normalized spacial score (nSPS) is 14.5. The molecule has 30 heavy (non-hydrogen) atoms. The lowest BCUT2D eigenvalue weighted by Crippen LogP contribution is -2.48. The van der Waals surface area contributed by atoms with Crippen LogP contribution in [0.15, 0.2) is 79.3 Å². The summed E-state index contributed by atoms with van der Waals surface area (Å²) in [5, 5.41) is 3.01. The molecular weight excluding hydrogens is 376 g/mol. The third kappa shape index (κ3) is 4.54. The molecule has 6 heteroatoms.